The summed E-state index contributed by atoms with van der Waals surface area (Å²) in [6.07, 6.45) is 6.96. The average molecular weight is 764 g/mol. The first-order valence-corrected chi connectivity index (χ1v) is 18.2. The molecule has 4 aromatic carbocycles. The molecule has 2 heterocycles. The number of aromatic nitrogens is 1. The van der Waals surface area contributed by atoms with Crippen LogP contribution in [0.25, 0.3) is 6.08 Å². The van der Waals surface area contributed by atoms with E-state index in [0.29, 0.717) is 54.3 Å². The van der Waals surface area contributed by atoms with Crippen molar-refractivity contribution in [2.24, 2.45) is 0 Å². The van der Waals surface area contributed by atoms with Crippen LogP contribution in [0.1, 0.15) is 45.4 Å². The van der Waals surface area contributed by atoms with Crippen molar-refractivity contribution >= 4 is 36.0 Å². The van der Waals surface area contributed by atoms with Crippen LogP contribution in [0.5, 0.6) is 23.1 Å². The zero-order valence-electron chi connectivity index (χ0n) is 30.5. The molecular weight excluding hydrogens is 719 g/mol. The molecule has 1 amide bonds. The highest BCUT2D eigenvalue weighted by molar-refractivity contribution is 6.32. The number of aryl methyl sites for hydroxylation is 3. The summed E-state index contributed by atoms with van der Waals surface area (Å²) in [5, 5.41) is 9.38. The molecule has 1 fully saturated rings. The average Bonchev–Trinajstić information content (AvgIpc) is 3.18. The van der Waals surface area contributed by atoms with Crippen LogP contribution >= 0.6 is 24.0 Å². The topological polar surface area (TPSA) is 87.9 Å². The van der Waals surface area contributed by atoms with Gasteiger partial charge in [-0.05, 0) is 103 Å². The number of pyridine rings is 1. The minimum absolute atomic E-state index is 0. The fraction of sp³-hybridized carbons (Fsp3) is 0.250. The van der Waals surface area contributed by atoms with Gasteiger partial charge in [-0.2, -0.15) is 5.26 Å². The highest BCUT2D eigenvalue weighted by atomic mass is 35.5. The molecule has 1 aromatic heterocycles. The summed E-state index contributed by atoms with van der Waals surface area (Å²) in [7, 11) is 0. The van der Waals surface area contributed by atoms with Gasteiger partial charge >= 0.3 is 0 Å². The molecule has 278 valence electrons. The van der Waals surface area contributed by atoms with Crippen LogP contribution in [-0.4, -0.2) is 53.5 Å². The molecule has 0 spiro atoms. The third-order valence-electron chi connectivity index (χ3n) is 9.09. The maximum absolute atomic E-state index is 13.1. The molecule has 0 atom stereocenters. The van der Waals surface area contributed by atoms with Crippen molar-refractivity contribution < 1.29 is 19.0 Å². The number of nitrogens with zero attached hydrogens (tertiary/aromatic N) is 4. The number of ether oxygens (including phenoxy) is 3. The molecule has 8 nitrogen and oxygen atoms in total. The lowest BCUT2D eigenvalue weighted by Crippen LogP contribution is -2.47. The Morgan fingerprint density at radius 1 is 0.852 bits per heavy atom. The van der Waals surface area contributed by atoms with Gasteiger partial charge in [0, 0.05) is 44.9 Å². The summed E-state index contributed by atoms with van der Waals surface area (Å²) >= 11 is 6.63. The molecule has 10 heteroatoms. The van der Waals surface area contributed by atoms with Gasteiger partial charge in [0.2, 0.25) is 11.8 Å². The lowest BCUT2D eigenvalue weighted by Gasteiger charge is -2.34. The maximum Gasteiger partial charge on any atom is 0.246 e. The molecule has 0 aliphatic carbocycles. The Balaban J connectivity index is 0.00000561. The van der Waals surface area contributed by atoms with E-state index in [-0.39, 0.29) is 18.3 Å². The van der Waals surface area contributed by atoms with Gasteiger partial charge in [0.05, 0.1) is 29.5 Å². The maximum atomic E-state index is 13.1. The highest BCUT2D eigenvalue weighted by Gasteiger charge is 2.20. The predicted molar refractivity (Wildman–Crippen MR) is 216 cm³/mol. The Bertz CT molecular complexity index is 2010. The number of hydrogen-bond acceptors (Lipinski definition) is 7. The molecule has 5 aromatic rings. The smallest absolute Gasteiger partial charge is 0.246 e. The second-order valence-corrected chi connectivity index (χ2v) is 13.6. The second kappa shape index (κ2) is 19.7. The van der Waals surface area contributed by atoms with Gasteiger partial charge in [-0.25, -0.2) is 4.98 Å². The molecular formula is C44H44Cl2N4O4. The first-order valence-electron chi connectivity index (χ1n) is 17.8. The fourth-order valence-electron chi connectivity index (χ4n) is 6.01. The van der Waals surface area contributed by atoms with Gasteiger partial charge in [-0.3, -0.25) is 9.69 Å². The number of halogens is 2. The minimum atomic E-state index is -0.0137. The van der Waals surface area contributed by atoms with Gasteiger partial charge in [0.1, 0.15) is 18.1 Å². The molecule has 54 heavy (non-hydrogen) atoms. The van der Waals surface area contributed by atoms with E-state index in [1.54, 1.807) is 48.7 Å². The van der Waals surface area contributed by atoms with Gasteiger partial charge in [0.25, 0.3) is 0 Å². The predicted octanol–water partition coefficient (Wildman–Crippen LogP) is 9.39. The second-order valence-electron chi connectivity index (χ2n) is 13.2. The summed E-state index contributed by atoms with van der Waals surface area (Å²) < 4.78 is 17.7. The monoisotopic (exact) mass is 762 g/mol. The Hall–Kier alpha value is -5.33. The van der Waals surface area contributed by atoms with Crippen LogP contribution < -0.4 is 14.2 Å². The molecule has 6 rings (SSSR count). The van der Waals surface area contributed by atoms with Gasteiger partial charge in [-0.15, -0.1) is 12.4 Å². The van der Waals surface area contributed by atoms with E-state index in [1.165, 1.54) is 16.7 Å². The normalized spacial score (nSPS) is 12.9. The molecule has 0 radical (unpaired) electrons. The van der Waals surface area contributed by atoms with Crippen LogP contribution in [0, 0.1) is 25.2 Å². The van der Waals surface area contributed by atoms with Crippen molar-refractivity contribution in [2.75, 3.05) is 32.8 Å². The number of piperazine rings is 1. The highest BCUT2D eigenvalue weighted by Crippen LogP contribution is 2.34. The minimum Gasteiger partial charge on any atom is -0.494 e. The molecule has 1 aliphatic heterocycles. The van der Waals surface area contributed by atoms with Gasteiger partial charge < -0.3 is 19.1 Å². The van der Waals surface area contributed by atoms with E-state index in [9.17, 15) is 4.79 Å². The number of carbonyl (C=O) groups excluding carboxylic acids is 1. The number of benzene rings is 4. The van der Waals surface area contributed by atoms with E-state index in [0.717, 1.165) is 54.9 Å². The Morgan fingerprint density at radius 2 is 1.54 bits per heavy atom. The van der Waals surface area contributed by atoms with Crippen molar-refractivity contribution in [1.29, 1.82) is 5.26 Å². The Morgan fingerprint density at radius 3 is 2.20 bits per heavy atom. The molecule has 0 bridgehead atoms. The first kappa shape index (κ1) is 39.9. The van der Waals surface area contributed by atoms with E-state index >= 15 is 0 Å². The van der Waals surface area contributed by atoms with Crippen molar-refractivity contribution in [3.63, 3.8) is 0 Å². The quantitative estimate of drug-likeness (QED) is 0.0823. The number of nitriles is 1. The van der Waals surface area contributed by atoms with Crippen molar-refractivity contribution in [3.05, 3.63) is 153 Å². The number of rotatable bonds is 14. The third-order valence-corrected chi connectivity index (χ3v) is 9.37. The van der Waals surface area contributed by atoms with Crippen molar-refractivity contribution in [3.8, 4) is 29.2 Å². The molecule has 1 saturated heterocycles. The SMILES string of the molecule is Cc1ccc(OCCCc2ccc(CN3CCN(C(=O)C=Cc4cc(C)c(Oc5ccc(OCc6ccc(C#N)cc6)cn5)c(Cl)c4)CC3)cc2)cc1.Cl. The zero-order valence-corrected chi connectivity index (χ0v) is 32.1. The molecule has 1 aliphatic rings. The number of hydrogen-bond donors (Lipinski definition) is 0. The van der Waals surface area contributed by atoms with E-state index in [4.69, 9.17) is 31.1 Å². The van der Waals surface area contributed by atoms with Crippen LogP contribution in [0.2, 0.25) is 5.02 Å². The first-order chi connectivity index (χ1) is 25.8. The van der Waals surface area contributed by atoms with Crippen molar-refractivity contribution in [2.45, 2.75) is 39.8 Å². The van der Waals surface area contributed by atoms with E-state index < -0.39 is 0 Å². The Kier molecular flexibility index (Phi) is 14.5. The lowest BCUT2D eigenvalue weighted by molar-refractivity contribution is -0.127. The standard InChI is InChI=1S/C44H43ClN4O4.ClH/c1-32-5-16-39(17-6-32)51-25-3-4-34-7-11-36(12-8-34)30-48-21-23-49(24-22-48)43(50)20-15-38-26-33(2)44(41(45)27-38)53-42-19-18-40(29-47-42)52-31-37-13-9-35(28-46)10-14-37;/h5-20,26-27,29H,3-4,21-25,30-31H2,1-2H3;1H. The fourth-order valence-corrected chi connectivity index (χ4v) is 6.33. The third kappa shape index (κ3) is 11.6. The summed E-state index contributed by atoms with van der Waals surface area (Å²) in [5.41, 5.74) is 7.02. The van der Waals surface area contributed by atoms with Crippen LogP contribution in [0.3, 0.4) is 0 Å². The van der Waals surface area contributed by atoms with E-state index in [2.05, 4.69) is 59.3 Å². The summed E-state index contributed by atoms with van der Waals surface area (Å²) in [6, 6.07) is 33.6. The van der Waals surface area contributed by atoms with Crippen LogP contribution in [-0.2, 0) is 24.4 Å². The van der Waals surface area contributed by atoms with Gasteiger partial charge in [-0.1, -0.05) is 65.7 Å². The van der Waals surface area contributed by atoms with Gasteiger partial charge in [0.15, 0.2) is 5.75 Å². The van der Waals surface area contributed by atoms with Crippen LogP contribution in [0.15, 0.2) is 109 Å². The zero-order chi connectivity index (χ0) is 37.0. The summed E-state index contributed by atoms with van der Waals surface area (Å²) in [4.78, 5) is 21.7. The molecule has 0 unspecified atom stereocenters. The lowest BCUT2D eigenvalue weighted by atomic mass is 10.1. The summed E-state index contributed by atoms with van der Waals surface area (Å²) in [6.45, 7) is 8.93. The summed E-state index contributed by atoms with van der Waals surface area (Å²) in [5.74, 6) is 2.38. The Labute approximate surface area is 329 Å². The molecule has 0 saturated carbocycles. The van der Waals surface area contributed by atoms with E-state index in [1.807, 2.05) is 42.2 Å². The van der Waals surface area contributed by atoms with Crippen LogP contribution in [0.4, 0.5) is 0 Å². The number of carbonyl (C=O) groups is 1. The largest absolute Gasteiger partial charge is 0.494 e. The van der Waals surface area contributed by atoms with Crippen molar-refractivity contribution in [1.82, 2.24) is 14.8 Å². The number of amides is 1. The molecule has 0 N–H and O–H groups in total.